The Morgan fingerprint density at radius 3 is 2.79 bits per heavy atom. The summed E-state index contributed by atoms with van der Waals surface area (Å²) in [7, 11) is 0. The van der Waals surface area contributed by atoms with Gasteiger partial charge in [-0.2, -0.15) is 0 Å². The van der Waals surface area contributed by atoms with Crippen molar-refractivity contribution in [2.75, 3.05) is 5.32 Å². The summed E-state index contributed by atoms with van der Waals surface area (Å²) in [5, 5.41) is 6.06. The van der Waals surface area contributed by atoms with E-state index in [4.69, 9.17) is 0 Å². The summed E-state index contributed by atoms with van der Waals surface area (Å²) >= 11 is 0. The lowest BCUT2D eigenvalue weighted by molar-refractivity contribution is 0.238. The summed E-state index contributed by atoms with van der Waals surface area (Å²) in [6.45, 7) is 6.35. The van der Waals surface area contributed by atoms with E-state index in [9.17, 15) is 4.79 Å². The van der Waals surface area contributed by atoms with Crippen molar-refractivity contribution in [1.29, 1.82) is 0 Å². The molecular weight excluding hydrogens is 236 g/mol. The molecule has 104 valence electrons. The Bertz CT molecular complexity index is 456. The Hall–Kier alpha value is -1.51. The monoisotopic (exact) mass is 260 g/mol. The van der Waals surface area contributed by atoms with E-state index in [-0.39, 0.29) is 6.03 Å². The smallest absolute Gasteiger partial charge is 0.319 e. The summed E-state index contributed by atoms with van der Waals surface area (Å²) < 4.78 is 0. The number of amides is 2. The highest BCUT2D eigenvalue weighted by Crippen LogP contribution is 2.24. The van der Waals surface area contributed by atoms with Crippen LogP contribution in [0, 0.1) is 19.8 Å². The van der Waals surface area contributed by atoms with Crippen LogP contribution in [0.5, 0.6) is 0 Å². The van der Waals surface area contributed by atoms with Crippen molar-refractivity contribution in [3.63, 3.8) is 0 Å². The number of nitrogens with one attached hydrogen (secondary N) is 2. The Balaban J connectivity index is 1.92. The van der Waals surface area contributed by atoms with Crippen LogP contribution in [0.4, 0.5) is 10.5 Å². The van der Waals surface area contributed by atoms with Gasteiger partial charge < -0.3 is 10.6 Å². The van der Waals surface area contributed by atoms with Gasteiger partial charge in [-0.25, -0.2) is 4.79 Å². The van der Waals surface area contributed by atoms with Crippen LogP contribution in [0.2, 0.25) is 0 Å². The number of aryl methyl sites for hydroxylation is 1. The van der Waals surface area contributed by atoms with E-state index in [1.807, 2.05) is 19.1 Å². The number of benzene rings is 1. The lowest BCUT2D eigenvalue weighted by Crippen LogP contribution is -2.40. The first-order chi connectivity index (χ1) is 9.06. The average Bonchev–Trinajstić information content (AvgIpc) is 2.35. The average molecular weight is 260 g/mol. The van der Waals surface area contributed by atoms with Crippen LogP contribution >= 0.6 is 0 Å². The van der Waals surface area contributed by atoms with E-state index in [1.165, 1.54) is 18.4 Å². The van der Waals surface area contributed by atoms with Gasteiger partial charge in [0.2, 0.25) is 0 Å². The highest BCUT2D eigenvalue weighted by Gasteiger charge is 2.20. The molecule has 0 radical (unpaired) electrons. The molecule has 1 saturated carbocycles. The highest BCUT2D eigenvalue weighted by molar-refractivity contribution is 5.90. The number of carbonyl (C=O) groups is 1. The van der Waals surface area contributed by atoms with Crippen LogP contribution in [0.3, 0.4) is 0 Å². The lowest BCUT2D eigenvalue weighted by atomic mass is 9.87. The Labute approximate surface area is 115 Å². The number of rotatable bonds is 2. The quantitative estimate of drug-likeness (QED) is 0.829. The molecule has 2 atom stereocenters. The molecule has 19 heavy (non-hydrogen) atoms. The van der Waals surface area contributed by atoms with Gasteiger partial charge in [-0.15, -0.1) is 0 Å². The summed E-state index contributed by atoms with van der Waals surface area (Å²) in [5.74, 6) is 0.722. The van der Waals surface area contributed by atoms with Crippen LogP contribution in [0.25, 0.3) is 0 Å². The summed E-state index contributed by atoms with van der Waals surface area (Å²) in [4.78, 5) is 12.0. The molecule has 0 aromatic heterocycles. The van der Waals surface area contributed by atoms with Gasteiger partial charge in [0.05, 0.1) is 0 Å². The van der Waals surface area contributed by atoms with E-state index >= 15 is 0 Å². The molecule has 0 aliphatic heterocycles. The second-order valence-electron chi connectivity index (χ2n) is 5.81. The van der Waals surface area contributed by atoms with Crippen molar-refractivity contribution >= 4 is 11.7 Å². The zero-order valence-corrected chi connectivity index (χ0v) is 12.1. The maximum absolute atomic E-state index is 12.0. The Morgan fingerprint density at radius 2 is 2.05 bits per heavy atom. The fourth-order valence-electron chi connectivity index (χ4n) is 2.80. The summed E-state index contributed by atoms with van der Waals surface area (Å²) in [6, 6.07) is 6.23. The third kappa shape index (κ3) is 3.72. The van der Waals surface area contributed by atoms with Crippen molar-refractivity contribution in [2.24, 2.45) is 5.92 Å². The number of anilines is 1. The third-order valence-electron chi connectivity index (χ3n) is 4.12. The van der Waals surface area contributed by atoms with E-state index in [1.54, 1.807) is 0 Å². The summed E-state index contributed by atoms with van der Waals surface area (Å²) in [5.41, 5.74) is 3.24. The van der Waals surface area contributed by atoms with Crippen LogP contribution in [-0.4, -0.2) is 12.1 Å². The molecule has 1 aromatic rings. The van der Waals surface area contributed by atoms with Crippen molar-refractivity contribution in [2.45, 2.75) is 52.5 Å². The molecule has 1 fully saturated rings. The zero-order valence-electron chi connectivity index (χ0n) is 12.1. The number of carbonyl (C=O) groups excluding carboxylic acids is 1. The number of hydrogen-bond acceptors (Lipinski definition) is 1. The van der Waals surface area contributed by atoms with Crippen molar-refractivity contribution < 1.29 is 4.79 Å². The van der Waals surface area contributed by atoms with E-state index < -0.39 is 0 Å². The van der Waals surface area contributed by atoms with Gasteiger partial charge in [0.15, 0.2) is 0 Å². The van der Waals surface area contributed by atoms with Gasteiger partial charge in [0.1, 0.15) is 0 Å². The molecule has 3 nitrogen and oxygen atoms in total. The van der Waals surface area contributed by atoms with E-state index in [0.717, 1.165) is 30.0 Å². The maximum atomic E-state index is 12.0. The van der Waals surface area contributed by atoms with Gasteiger partial charge in [-0.1, -0.05) is 31.9 Å². The van der Waals surface area contributed by atoms with Crippen LogP contribution in [0.1, 0.15) is 43.7 Å². The summed E-state index contributed by atoms with van der Waals surface area (Å²) in [6.07, 6.45) is 4.71. The fourth-order valence-corrected chi connectivity index (χ4v) is 2.80. The maximum Gasteiger partial charge on any atom is 0.319 e. The second-order valence-corrected chi connectivity index (χ2v) is 5.81. The molecular formula is C16H24N2O. The first-order valence-electron chi connectivity index (χ1n) is 7.20. The molecule has 0 unspecified atom stereocenters. The van der Waals surface area contributed by atoms with Crippen LogP contribution in [0.15, 0.2) is 18.2 Å². The molecule has 0 heterocycles. The van der Waals surface area contributed by atoms with Crippen molar-refractivity contribution in [1.82, 2.24) is 5.32 Å². The third-order valence-corrected chi connectivity index (χ3v) is 4.12. The minimum atomic E-state index is -0.0761. The molecule has 2 rings (SSSR count). The Kier molecular flexibility index (Phi) is 4.46. The predicted molar refractivity (Wildman–Crippen MR) is 79.5 cm³/mol. The van der Waals surface area contributed by atoms with E-state index in [2.05, 4.69) is 30.5 Å². The first kappa shape index (κ1) is 13.9. The van der Waals surface area contributed by atoms with Crippen molar-refractivity contribution in [3.8, 4) is 0 Å². The predicted octanol–water partition coefficient (Wildman–Crippen LogP) is 4.00. The van der Waals surface area contributed by atoms with Gasteiger partial charge in [-0.3, -0.25) is 0 Å². The second kappa shape index (κ2) is 6.09. The lowest BCUT2D eigenvalue weighted by Gasteiger charge is -2.27. The Morgan fingerprint density at radius 1 is 1.26 bits per heavy atom. The highest BCUT2D eigenvalue weighted by atomic mass is 16.2. The SMILES string of the molecule is Cc1cccc(NC(=O)N[C@H]2CCC[C@H](C)C2)c1C. The molecule has 0 bridgehead atoms. The molecule has 1 aromatic carbocycles. The van der Waals surface area contributed by atoms with Crippen molar-refractivity contribution in [3.05, 3.63) is 29.3 Å². The van der Waals surface area contributed by atoms with Crippen LogP contribution < -0.4 is 10.6 Å². The molecule has 1 aliphatic carbocycles. The molecule has 3 heteroatoms. The van der Waals surface area contributed by atoms with Crippen LogP contribution in [-0.2, 0) is 0 Å². The largest absolute Gasteiger partial charge is 0.335 e. The minimum absolute atomic E-state index is 0.0761. The minimum Gasteiger partial charge on any atom is -0.335 e. The number of hydrogen-bond donors (Lipinski definition) is 2. The first-order valence-corrected chi connectivity index (χ1v) is 7.20. The standard InChI is InChI=1S/C16H24N2O/c1-11-6-4-8-14(10-11)17-16(19)18-15-9-5-7-12(2)13(15)3/h5,7,9,11,14H,4,6,8,10H2,1-3H3,(H2,17,18,19)/t11-,14-/m0/s1. The van der Waals surface area contributed by atoms with E-state index in [0.29, 0.717) is 6.04 Å². The van der Waals surface area contributed by atoms with Gasteiger partial charge in [-0.05, 0) is 49.8 Å². The fraction of sp³-hybridized carbons (Fsp3) is 0.562. The molecule has 0 saturated heterocycles. The zero-order chi connectivity index (χ0) is 13.8. The van der Waals surface area contributed by atoms with Gasteiger partial charge in [0, 0.05) is 11.7 Å². The number of urea groups is 1. The molecule has 2 amide bonds. The normalized spacial score (nSPS) is 22.9. The molecule has 1 aliphatic rings. The topological polar surface area (TPSA) is 41.1 Å². The van der Waals surface area contributed by atoms with Gasteiger partial charge in [0.25, 0.3) is 0 Å². The molecule has 2 N–H and O–H groups in total. The van der Waals surface area contributed by atoms with Gasteiger partial charge >= 0.3 is 6.03 Å². The molecule has 0 spiro atoms.